The van der Waals surface area contributed by atoms with Gasteiger partial charge in [0.05, 0.1) is 5.60 Å². The fourth-order valence-corrected chi connectivity index (χ4v) is 4.30. The van der Waals surface area contributed by atoms with Gasteiger partial charge in [-0.1, -0.05) is 18.5 Å². The van der Waals surface area contributed by atoms with Crippen molar-refractivity contribution < 1.29 is 4.74 Å². The highest BCUT2D eigenvalue weighted by Crippen LogP contribution is 2.44. The van der Waals surface area contributed by atoms with Crippen molar-refractivity contribution in [3.8, 4) is 0 Å². The summed E-state index contributed by atoms with van der Waals surface area (Å²) in [6.45, 7) is 3.09. The number of ether oxygens (including phenoxy) is 1. The van der Waals surface area contributed by atoms with Gasteiger partial charge in [-0.2, -0.15) is 0 Å². The van der Waals surface area contributed by atoms with E-state index in [1.807, 2.05) is 7.11 Å². The Hall–Kier alpha value is 0.390. The van der Waals surface area contributed by atoms with Crippen molar-refractivity contribution in [1.29, 1.82) is 0 Å². The second kappa shape index (κ2) is 6.23. The molecular formula is C13H19BrClNOS. The summed E-state index contributed by atoms with van der Waals surface area (Å²) >= 11 is 11.3. The Morgan fingerprint density at radius 1 is 1.61 bits per heavy atom. The average molecular weight is 353 g/mol. The molecule has 1 unspecified atom stereocenters. The fourth-order valence-electron chi connectivity index (χ4n) is 2.49. The first-order valence-electron chi connectivity index (χ1n) is 6.33. The van der Waals surface area contributed by atoms with Crippen molar-refractivity contribution in [3.63, 3.8) is 0 Å². The number of hydrogen-bond acceptors (Lipinski definition) is 3. The van der Waals surface area contributed by atoms with Gasteiger partial charge in [-0.05, 0) is 54.2 Å². The van der Waals surface area contributed by atoms with Crippen molar-refractivity contribution in [2.24, 2.45) is 0 Å². The lowest BCUT2D eigenvalue weighted by molar-refractivity contribution is -0.0835. The van der Waals surface area contributed by atoms with E-state index in [2.05, 4.69) is 34.2 Å². The van der Waals surface area contributed by atoms with E-state index in [-0.39, 0.29) is 5.60 Å². The van der Waals surface area contributed by atoms with Gasteiger partial charge in [0.1, 0.15) is 4.34 Å². The van der Waals surface area contributed by atoms with Crippen LogP contribution in [0.5, 0.6) is 0 Å². The van der Waals surface area contributed by atoms with Crippen LogP contribution in [-0.2, 0) is 4.74 Å². The molecule has 0 bridgehead atoms. The minimum atomic E-state index is 0.0791. The van der Waals surface area contributed by atoms with E-state index in [9.17, 15) is 0 Å². The molecule has 1 aromatic rings. The molecule has 1 saturated carbocycles. The van der Waals surface area contributed by atoms with E-state index >= 15 is 0 Å². The topological polar surface area (TPSA) is 21.3 Å². The van der Waals surface area contributed by atoms with Crippen LogP contribution in [0.4, 0.5) is 0 Å². The Balaban J connectivity index is 2.12. The van der Waals surface area contributed by atoms with Crippen molar-refractivity contribution in [1.82, 2.24) is 5.32 Å². The monoisotopic (exact) mass is 351 g/mol. The number of rotatable bonds is 6. The van der Waals surface area contributed by atoms with Gasteiger partial charge in [-0.3, -0.25) is 0 Å². The van der Waals surface area contributed by atoms with E-state index in [1.54, 1.807) is 11.3 Å². The van der Waals surface area contributed by atoms with E-state index in [1.165, 1.54) is 24.1 Å². The first-order valence-corrected chi connectivity index (χ1v) is 8.32. The summed E-state index contributed by atoms with van der Waals surface area (Å²) in [6.07, 6.45) is 4.65. The third kappa shape index (κ3) is 3.10. The number of nitrogens with one attached hydrogen (secondary N) is 1. The minimum Gasteiger partial charge on any atom is -0.378 e. The Morgan fingerprint density at radius 3 is 2.72 bits per heavy atom. The molecule has 1 N–H and O–H groups in total. The molecule has 0 spiro atoms. The van der Waals surface area contributed by atoms with Crippen LogP contribution in [0, 0.1) is 0 Å². The molecule has 18 heavy (non-hydrogen) atoms. The maximum atomic E-state index is 6.14. The van der Waals surface area contributed by atoms with Crippen LogP contribution in [0.25, 0.3) is 0 Å². The van der Waals surface area contributed by atoms with Crippen molar-refractivity contribution in [2.45, 2.75) is 44.2 Å². The maximum absolute atomic E-state index is 6.14. The van der Waals surface area contributed by atoms with Gasteiger partial charge in [0.15, 0.2) is 0 Å². The van der Waals surface area contributed by atoms with Crippen LogP contribution in [0.3, 0.4) is 0 Å². The molecule has 0 amide bonds. The van der Waals surface area contributed by atoms with Crippen LogP contribution in [0.1, 0.15) is 43.5 Å². The lowest BCUT2D eigenvalue weighted by Gasteiger charge is -2.42. The number of halogens is 2. The predicted octanol–water partition coefficient (Wildman–Crippen LogP) is 4.77. The van der Waals surface area contributed by atoms with Crippen LogP contribution in [-0.4, -0.2) is 19.3 Å². The Morgan fingerprint density at radius 2 is 2.33 bits per heavy atom. The second-order valence-corrected chi connectivity index (χ2v) is 7.37. The van der Waals surface area contributed by atoms with Crippen LogP contribution in [0.2, 0.25) is 4.34 Å². The van der Waals surface area contributed by atoms with Crippen molar-refractivity contribution >= 4 is 38.9 Å². The molecule has 1 aliphatic carbocycles. The zero-order valence-corrected chi connectivity index (χ0v) is 13.9. The first-order chi connectivity index (χ1) is 8.60. The summed E-state index contributed by atoms with van der Waals surface area (Å²) in [6, 6.07) is 2.46. The Kier molecular flexibility index (Phi) is 5.12. The van der Waals surface area contributed by atoms with E-state index in [4.69, 9.17) is 16.3 Å². The molecule has 1 atom stereocenters. The molecule has 2 nitrogen and oxygen atoms in total. The molecule has 1 fully saturated rings. The van der Waals surface area contributed by atoms with E-state index in [0.717, 1.165) is 21.8 Å². The molecular weight excluding hydrogens is 334 g/mol. The summed E-state index contributed by atoms with van der Waals surface area (Å²) in [5.41, 5.74) is 0.0791. The van der Waals surface area contributed by atoms with Gasteiger partial charge < -0.3 is 10.1 Å². The lowest BCUT2D eigenvalue weighted by atomic mass is 9.75. The van der Waals surface area contributed by atoms with Crippen LogP contribution < -0.4 is 5.32 Å². The van der Waals surface area contributed by atoms with Crippen LogP contribution in [0.15, 0.2) is 10.5 Å². The SMILES string of the molecule is CCNC(CC1(OC)CCC1)c1cc(Br)c(Cl)s1. The third-order valence-electron chi connectivity index (χ3n) is 3.73. The van der Waals surface area contributed by atoms with E-state index < -0.39 is 0 Å². The summed E-state index contributed by atoms with van der Waals surface area (Å²) in [4.78, 5) is 1.29. The quantitative estimate of drug-likeness (QED) is 0.796. The highest BCUT2D eigenvalue weighted by molar-refractivity contribution is 9.10. The largest absolute Gasteiger partial charge is 0.378 e. The molecule has 0 aliphatic heterocycles. The second-order valence-electron chi connectivity index (χ2n) is 4.83. The maximum Gasteiger partial charge on any atom is 0.107 e. The van der Waals surface area contributed by atoms with Gasteiger partial charge in [0, 0.05) is 22.5 Å². The lowest BCUT2D eigenvalue weighted by Crippen LogP contribution is -2.42. The summed E-state index contributed by atoms with van der Waals surface area (Å²) in [5.74, 6) is 0. The van der Waals surface area contributed by atoms with Crippen LogP contribution >= 0.6 is 38.9 Å². The summed E-state index contributed by atoms with van der Waals surface area (Å²) in [7, 11) is 1.83. The Bertz CT molecular complexity index is 381. The highest BCUT2D eigenvalue weighted by atomic mass is 79.9. The molecule has 102 valence electrons. The Labute approximate surface area is 126 Å². The molecule has 1 aliphatic rings. The van der Waals surface area contributed by atoms with Gasteiger partial charge in [-0.15, -0.1) is 11.3 Å². The molecule has 1 heterocycles. The molecule has 5 heteroatoms. The van der Waals surface area contributed by atoms with Crippen molar-refractivity contribution in [3.05, 3.63) is 19.8 Å². The normalized spacial score (nSPS) is 19.6. The van der Waals surface area contributed by atoms with Gasteiger partial charge in [-0.25, -0.2) is 0 Å². The predicted molar refractivity (Wildman–Crippen MR) is 81.7 cm³/mol. The molecule has 0 aromatic carbocycles. The summed E-state index contributed by atoms with van der Waals surface area (Å²) in [5, 5.41) is 3.55. The fraction of sp³-hybridized carbons (Fsp3) is 0.692. The smallest absolute Gasteiger partial charge is 0.107 e. The van der Waals surface area contributed by atoms with E-state index in [0.29, 0.717) is 6.04 Å². The zero-order chi connectivity index (χ0) is 13.2. The van der Waals surface area contributed by atoms with Gasteiger partial charge >= 0.3 is 0 Å². The number of hydrogen-bond donors (Lipinski definition) is 1. The van der Waals surface area contributed by atoms with Crippen molar-refractivity contribution in [2.75, 3.05) is 13.7 Å². The van der Waals surface area contributed by atoms with Gasteiger partial charge in [0.25, 0.3) is 0 Å². The highest BCUT2D eigenvalue weighted by Gasteiger charge is 2.39. The number of thiophene rings is 1. The molecule has 2 rings (SSSR count). The minimum absolute atomic E-state index is 0.0791. The molecule has 1 aromatic heterocycles. The first kappa shape index (κ1) is 14.8. The number of methoxy groups -OCH3 is 1. The zero-order valence-electron chi connectivity index (χ0n) is 10.8. The summed E-state index contributed by atoms with van der Waals surface area (Å²) < 4.78 is 7.55. The average Bonchev–Trinajstić information content (AvgIpc) is 2.63. The third-order valence-corrected chi connectivity index (χ3v) is 6.32. The van der Waals surface area contributed by atoms with Gasteiger partial charge in [0.2, 0.25) is 0 Å². The molecule has 0 radical (unpaired) electrons. The molecule has 0 saturated heterocycles. The standard InChI is InChI=1S/C13H19BrClNOS/c1-3-16-10(8-13(17-2)5-4-6-13)11-7-9(14)12(15)18-11/h7,10,16H,3-6,8H2,1-2H3.